The molecule has 6 heteroatoms. The van der Waals surface area contributed by atoms with Crippen molar-refractivity contribution < 1.29 is 13.5 Å². The number of hydrogen-bond donors (Lipinski definition) is 0. The molecule has 0 spiro atoms. The zero-order chi connectivity index (χ0) is 15.0. The molecule has 0 atom stereocenters. The maximum absolute atomic E-state index is 13.8. The van der Waals surface area contributed by atoms with Crippen molar-refractivity contribution in [3.05, 3.63) is 53.9 Å². The Balaban J connectivity index is 2.31. The van der Waals surface area contributed by atoms with Gasteiger partial charge in [-0.25, -0.2) is 13.8 Å². The van der Waals surface area contributed by atoms with E-state index in [0.717, 1.165) is 0 Å². The van der Waals surface area contributed by atoms with Crippen LogP contribution in [0.1, 0.15) is 5.82 Å². The Bertz CT molecular complexity index is 800. The van der Waals surface area contributed by atoms with Crippen LogP contribution in [0.15, 0.2) is 36.4 Å². The zero-order valence-corrected chi connectivity index (χ0v) is 11.9. The molecule has 1 heterocycles. The minimum atomic E-state index is -0.491. The molecule has 0 unspecified atom stereocenters. The molecule has 21 heavy (non-hydrogen) atoms. The van der Waals surface area contributed by atoms with E-state index in [-0.39, 0.29) is 17.4 Å². The van der Waals surface area contributed by atoms with Gasteiger partial charge in [0.15, 0.2) is 11.6 Å². The molecule has 2 aromatic carbocycles. The molecule has 0 saturated carbocycles. The van der Waals surface area contributed by atoms with Crippen molar-refractivity contribution in [1.82, 2.24) is 9.55 Å². The maximum Gasteiger partial charge on any atom is 0.167 e. The van der Waals surface area contributed by atoms with Gasteiger partial charge in [-0.3, -0.25) is 4.57 Å². The summed E-state index contributed by atoms with van der Waals surface area (Å²) in [6, 6.07) is 8.77. The SMILES string of the molecule is COc1cc2c(cc1F)nc(CCl)n2-c1ccc(F)cc1. The van der Waals surface area contributed by atoms with Gasteiger partial charge in [-0.05, 0) is 24.3 Å². The number of ether oxygens (including phenoxy) is 1. The Kier molecular flexibility index (Phi) is 3.51. The highest BCUT2D eigenvalue weighted by atomic mass is 35.5. The normalized spacial score (nSPS) is 11.0. The average molecular weight is 309 g/mol. The van der Waals surface area contributed by atoms with Crippen molar-refractivity contribution in [3.8, 4) is 11.4 Å². The minimum absolute atomic E-state index is 0.117. The van der Waals surface area contributed by atoms with Crippen LogP contribution in [0.3, 0.4) is 0 Å². The molecule has 0 saturated heterocycles. The molecule has 0 aliphatic rings. The van der Waals surface area contributed by atoms with E-state index in [1.54, 1.807) is 22.8 Å². The summed E-state index contributed by atoms with van der Waals surface area (Å²) in [5.74, 6) is -0.0115. The highest BCUT2D eigenvalue weighted by molar-refractivity contribution is 6.17. The molecular weight excluding hydrogens is 298 g/mol. The third-order valence-corrected chi connectivity index (χ3v) is 3.44. The van der Waals surface area contributed by atoms with E-state index >= 15 is 0 Å². The summed E-state index contributed by atoms with van der Waals surface area (Å²) in [5.41, 5.74) is 1.81. The van der Waals surface area contributed by atoms with Crippen molar-refractivity contribution in [1.29, 1.82) is 0 Å². The van der Waals surface area contributed by atoms with E-state index in [9.17, 15) is 8.78 Å². The highest BCUT2D eigenvalue weighted by Crippen LogP contribution is 2.28. The number of imidazole rings is 1. The predicted molar refractivity (Wildman–Crippen MR) is 77.1 cm³/mol. The van der Waals surface area contributed by atoms with Gasteiger partial charge in [0.25, 0.3) is 0 Å². The van der Waals surface area contributed by atoms with Gasteiger partial charge < -0.3 is 4.74 Å². The lowest BCUT2D eigenvalue weighted by Crippen LogP contribution is -1.99. The number of aromatic nitrogens is 2. The Morgan fingerprint density at radius 2 is 1.90 bits per heavy atom. The van der Waals surface area contributed by atoms with E-state index in [0.29, 0.717) is 22.5 Å². The lowest BCUT2D eigenvalue weighted by molar-refractivity contribution is 0.387. The first-order valence-corrected chi connectivity index (χ1v) is 6.74. The summed E-state index contributed by atoms with van der Waals surface area (Å²) < 4.78 is 33.6. The fourth-order valence-corrected chi connectivity index (χ4v) is 2.43. The van der Waals surface area contributed by atoms with Gasteiger partial charge in [0.05, 0.1) is 24.0 Å². The van der Waals surface area contributed by atoms with Crippen LogP contribution >= 0.6 is 11.6 Å². The van der Waals surface area contributed by atoms with E-state index in [1.807, 2.05) is 0 Å². The highest BCUT2D eigenvalue weighted by Gasteiger charge is 2.15. The minimum Gasteiger partial charge on any atom is -0.494 e. The van der Waals surface area contributed by atoms with Crippen molar-refractivity contribution in [3.63, 3.8) is 0 Å². The number of methoxy groups -OCH3 is 1. The molecule has 0 amide bonds. The van der Waals surface area contributed by atoms with Crippen molar-refractivity contribution >= 4 is 22.6 Å². The van der Waals surface area contributed by atoms with E-state index in [4.69, 9.17) is 16.3 Å². The monoisotopic (exact) mass is 308 g/mol. The van der Waals surface area contributed by atoms with Crippen molar-refractivity contribution in [2.24, 2.45) is 0 Å². The van der Waals surface area contributed by atoms with Crippen LogP contribution in [0.5, 0.6) is 5.75 Å². The van der Waals surface area contributed by atoms with Gasteiger partial charge in [0.2, 0.25) is 0 Å². The fourth-order valence-electron chi connectivity index (χ4n) is 2.25. The average Bonchev–Trinajstić information content (AvgIpc) is 2.84. The Morgan fingerprint density at radius 3 is 2.52 bits per heavy atom. The number of nitrogens with zero attached hydrogens (tertiary/aromatic N) is 2. The zero-order valence-electron chi connectivity index (χ0n) is 11.1. The number of benzene rings is 2. The number of fused-ring (bicyclic) bond motifs is 1. The van der Waals surface area contributed by atoms with Gasteiger partial charge in [-0.2, -0.15) is 0 Å². The molecule has 3 nitrogen and oxygen atoms in total. The van der Waals surface area contributed by atoms with E-state index in [1.165, 1.54) is 25.3 Å². The molecule has 0 fully saturated rings. The molecular formula is C15H11ClF2N2O. The molecule has 0 aliphatic carbocycles. The second kappa shape index (κ2) is 5.33. The Hall–Kier alpha value is -2.14. The van der Waals surface area contributed by atoms with Crippen LogP contribution in [0.25, 0.3) is 16.7 Å². The van der Waals surface area contributed by atoms with Gasteiger partial charge in [0, 0.05) is 17.8 Å². The summed E-state index contributed by atoms with van der Waals surface area (Å²) in [6.45, 7) is 0. The van der Waals surface area contributed by atoms with Crippen LogP contribution in [-0.4, -0.2) is 16.7 Å². The van der Waals surface area contributed by atoms with Crippen molar-refractivity contribution in [2.75, 3.05) is 7.11 Å². The van der Waals surface area contributed by atoms with Crippen molar-refractivity contribution in [2.45, 2.75) is 5.88 Å². The molecule has 3 aromatic rings. The lowest BCUT2D eigenvalue weighted by atomic mass is 10.2. The number of hydrogen-bond acceptors (Lipinski definition) is 2. The molecule has 0 N–H and O–H groups in total. The van der Waals surface area contributed by atoms with E-state index < -0.39 is 5.82 Å². The van der Waals surface area contributed by atoms with Gasteiger partial charge in [-0.15, -0.1) is 11.6 Å². The molecule has 108 valence electrons. The summed E-state index contributed by atoms with van der Waals surface area (Å²) >= 11 is 5.92. The molecule has 1 aromatic heterocycles. The lowest BCUT2D eigenvalue weighted by Gasteiger charge is -2.08. The third-order valence-electron chi connectivity index (χ3n) is 3.20. The molecule has 3 rings (SSSR count). The van der Waals surface area contributed by atoms with Gasteiger partial charge >= 0.3 is 0 Å². The Morgan fingerprint density at radius 1 is 1.19 bits per heavy atom. The largest absolute Gasteiger partial charge is 0.494 e. The summed E-state index contributed by atoms with van der Waals surface area (Å²) in [6.07, 6.45) is 0. The first-order chi connectivity index (χ1) is 10.1. The number of halogens is 3. The van der Waals surface area contributed by atoms with Crippen LogP contribution < -0.4 is 4.74 Å². The standard InChI is InChI=1S/C15H11ClF2N2O/c1-21-14-7-13-12(6-11(14)18)19-15(8-16)20(13)10-4-2-9(17)3-5-10/h2-7H,8H2,1H3. The summed E-state index contributed by atoms with van der Waals surface area (Å²) in [7, 11) is 1.39. The van der Waals surface area contributed by atoms with Crippen LogP contribution in [-0.2, 0) is 5.88 Å². The first kappa shape index (κ1) is 13.8. The Labute approximate surface area is 124 Å². The van der Waals surface area contributed by atoms with E-state index in [2.05, 4.69) is 4.98 Å². The fraction of sp³-hybridized carbons (Fsp3) is 0.133. The summed E-state index contributed by atoms with van der Waals surface area (Å²) in [5, 5.41) is 0. The topological polar surface area (TPSA) is 27.1 Å². The van der Waals surface area contributed by atoms with Gasteiger partial charge in [-0.1, -0.05) is 0 Å². The second-order valence-electron chi connectivity index (χ2n) is 4.45. The first-order valence-electron chi connectivity index (χ1n) is 6.21. The third kappa shape index (κ3) is 2.34. The van der Waals surface area contributed by atoms with Crippen LogP contribution in [0.2, 0.25) is 0 Å². The molecule has 0 aliphatic heterocycles. The number of alkyl halides is 1. The second-order valence-corrected chi connectivity index (χ2v) is 4.72. The van der Waals surface area contributed by atoms with Gasteiger partial charge in [0.1, 0.15) is 11.6 Å². The molecule has 0 bridgehead atoms. The predicted octanol–water partition coefficient (Wildman–Crippen LogP) is 4.05. The number of rotatable bonds is 3. The van der Waals surface area contributed by atoms with Crippen LogP contribution in [0.4, 0.5) is 8.78 Å². The quantitative estimate of drug-likeness (QED) is 0.683. The molecule has 0 radical (unpaired) electrons. The van der Waals surface area contributed by atoms with Crippen LogP contribution in [0, 0.1) is 11.6 Å². The smallest absolute Gasteiger partial charge is 0.167 e. The summed E-state index contributed by atoms with van der Waals surface area (Å²) in [4.78, 5) is 4.31. The maximum atomic E-state index is 13.8.